The molecule has 0 saturated carbocycles. The molecule has 2 amide bonds. The summed E-state index contributed by atoms with van der Waals surface area (Å²) < 4.78 is 6.44. The third kappa shape index (κ3) is 3.95. The first-order valence-electron chi connectivity index (χ1n) is 6.27. The molecule has 8 nitrogen and oxygen atoms in total. The van der Waals surface area contributed by atoms with Crippen LogP contribution in [-0.4, -0.2) is 40.2 Å². The number of ether oxygens (including phenoxy) is 1. The third-order valence-electron chi connectivity index (χ3n) is 2.65. The van der Waals surface area contributed by atoms with E-state index in [1.54, 1.807) is 19.2 Å². The van der Waals surface area contributed by atoms with Gasteiger partial charge in [-0.2, -0.15) is 0 Å². The van der Waals surface area contributed by atoms with Gasteiger partial charge in [-0.25, -0.2) is 4.98 Å². The van der Waals surface area contributed by atoms with Crippen LogP contribution in [0.25, 0.3) is 0 Å². The fourth-order valence-electron chi connectivity index (χ4n) is 1.69. The van der Waals surface area contributed by atoms with E-state index in [1.807, 2.05) is 0 Å². The Morgan fingerprint density at radius 3 is 2.82 bits per heavy atom. The van der Waals surface area contributed by atoms with Crippen molar-refractivity contribution in [1.29, 1.82) is 0 Å². The average Bonchev–Trinajstić information content (AvgIpc) is 2.88. The molecule has 0 aliphatic rings. The van der Waals surface area contributed by atoms with Crippen molar-refractivity contribution in [3.8, 4) is 5.88 Å². The van der Waals surface area contributed by atoms with Crippen LogP contribution in [0.4, 0.5) is 5.69 Å². The number of carbonyl (C=O) groups is 2. The molecule has 0 saturated heterocycles. The van der Waals surface area contributed by atoms with Crippen molar-refractivity contribution in [2.45, 2.75) is 0 Å². The van der Waals surface area contributed by atoms with E-state index in [-0.39, 0.29) is 23.9 Å². The number of anilines is 1. The van der Waals surface area contributed by atoms with E-state index < -0.39 is 5.91 Å². The molecule has 0 atom stereocenters. The Hall–Kier alpha value is -2.61. The van der Waals surface area contributed by atoms with Gasteiger partial charge in [0.15, 0.2) is 0 Å². The molecule has 0 spiro atoms. The van der Waals surface area contributed by atoms with Crippen LogP contribution in [0.3, 0.4) is 0 Å². The molecule has 2 aromatic heterocycles. The van der Waals surface area contributed by atoms with E-state index in [0.717, 1.165) is 0 Å². The van der Waals surface area contributed by atoms with Crippen LogP contribution in [0.1, 0.15) is 10.4 Å². The fraction of sp³-hybridized carbons (Fsp3) is 0.231. The zero-order chi connectivity index (χ0) is 16.1. The van der Waals surface area contributed by atoms with Gasteiger partial charge in [-0.05, 0) is 12.1 Å². The first kappa shape index (κ1) is 15.8. The highest BCUT2D eigenvalue weighted by atomic mass is 35.5. The molecule has 22 heavy (non-hydrogen) atoms. The molecule has 0 fully saturated rings. The molecule has 9 heteroatoms. The van der Waals surface area contributed by atoms with Crippen LogP contribution >= 0.6 is 11.6 Å². The van der Waals surface area contributed by atoms with Gasteiger partial charge in [0, 0.05) is 13.2 Å². The number of methoxy groups -OCH3 is 1. The lowest BCUT2D eigenvalue weighted by Gasteiger charge is -2.06. The summed E-state index contributed by atoms with van der Waals surface area (Å²) in [6.07, 6.45) is 2.93. The van der Waals surface area contributed by atoms with Gasteiger partial charge in [0.05, 0.1) is 25.5 Å². The summed E-state index contributed by atoms with van der Waals surface area (Å²) in [7, 11) is 3.08. The Bertz CT molecular complexity index is 683. The van der Waals surface area contributed by atoms with Gasteiger partial charge < -0.3 is 15.4 Å². The zero-order valence-corrected chi connectivity index (χ0v) is 12.7. The summed E-state index contributed by atoms with van der Waals surface area (Å²) in [5, 5.41) is 9.36. The van der Waals surface area contributed by atoms with Crippen LogP contribution in [-0.2, 0) is 11.8 Å². The van der Waals surface area contributed by atoms with Crippen molar-refractivity contribution in [2.24, 2.45) is 7.05 Å². The highest BCUT2D eigenvalue weighted by Gasteiger charge is 2.16. The van der Waals surface area contributed by atoms with Crippen molar-refractivity contribution in [3.63, 3.8) is 0 Å². The maximum atomic E-state index is 12.0. The lowest BCUT2D eigenvalue weighted by molar-refractivity contribution is -0.115. The van der Waals surface area contributed by atoms with E-state index in [2.05, 4.69) is 20.7 Å². The number of nitrogens with one attached hydrogen (secondary N) is 2. The molecule has 2 rings (SSSR count). The van der Waals surface area contributed by atoms with Crippen molar-refractivity contribution >= 4 is 29.1 Å². The maximum absolute atomic E-state index is 12.0. The van der Waals surface area contributed by atoms with E-state index >= 15 is 0 Å². The summed E-state index contributed by atoms with van der Waals surface area (Å²) in [6.45, 7) is -0.195. The third-order valence-corrected chi connectivity index (χ3v) is 2.88. The van der Waals surface area contributed by atoms with E-state index in [1.165, 1.54) is 24.2 Å². The van der Waals surface area contributed by atoms with Crippen LogP contribution in [0, 0.1) is 0 Å². The average molecular weight is 324 g/mol. The molecule has 116 valence electrons. The molecular weight excluding hydrogens is 310 g/mol. The zero-order valence-electron chi connectivity index (χ0n) is 12.0. The van der Waals surface area contributed by atoms with Gasteiger partial charge in [-0.15, -0.1) is 5.10 Å². The van der Waals surface area contributed by atoms with E-state index in [4.69, 9.17) is 16.3 Å². The molecule has 2 N–H and O–H groups in total. The van der Waals surface area contributed by atoms with Crippen molar-refractivity contribution in [2.75, 3.05) is 19.0 Å². The monoisotopic (exact) mass is 323 g/mol. The quantitative estimate of drug-likeness (QED) is 0.795. The molecule has 0 aliphatic heterocycles. The predicted molar refractivity (Wildman–Crippen MR) is 80.0 cm³/mol. The second kappa shape index (κ2) is 6.90. The number of rotatable bonds is 5. The Morgan fingerprint density at radius 2 is 2.18 bits per heavy atom. The minimum atomic E-state index is -0.450. The fourth-order valence-corrected chi connectivity index (χ4v) is 1.80. The van der Waals surface area contributed by atoms with Crippen molar-refractivity contribution < 1.29 is 14.3 Å². The topological polar surface area (TPSA) is 98.1 Å². The second-order valence-corrected chi connectivity index (χ2v) is 4.71. The number of carbonyl (C=O) groups excluding carboxylic acids is 2. The summed E-state index contributed by atoms with van der Waals surface area (Å²) in [5.74, 6) is -0.642. The first-order valence-corrected chi connectivity index (χ1v) is 6.64. The minimum Gasteiger partial charge on any atom is -0.479 e. The summed E-state index contributed by atoms with van der Waals surface area (Å²) >= 11 is 5.65. The Labute approximate surface area is 131 Å². The van der Waals surface area contributed by atoms with Crippen LogP contribution in [0.15, 0.2) is 24.5 Å². The molecule has 2 aromatic rings. The molecule has 2 heterocycles. The number of aromatic nitrogens is 3. The van der Waals surface area contributed by atoms with Gasteiger partial charge in [-0.1, -0.05) is 11.6 Å². The van der Waals surface area contributed by atoms with Gasteiger partial charge in [0.25, 0.3) is 5.91 Å². The van der Waals surface area contributed by atoms with E-state index in [9.17, 15) is 9.59 Å². The number of aryl methyl sites for hydroxylation is 1. The number of amides is 2. The number of hydrogen-bond donors (Lipinski definition) is 2. The number of halogens is 1. The summed E-state index contributed by atoms with van der Waals surface area (Å²) in [6, 6.07) is 3.16. The molecule has 0 aromatic carbocycles. The molecular formula is C13H14ClN5O3. The highest BCUT2D eigenvalue weighted by molar-refractivity contribution is 6.29. The smallest absolute Gasteiger partial charge is 0.258 e. The molecule has 0 bridgehead atoms. The van der Waals surface area contributed by atoms with Gasteiger partial charge in [-0.3, -0.25) is 14.3 Å². The molecule has 0 unspecified atom stereocenters. The maximum Gasteiger partial charge on any atom is 0.258 e. The SMILES string of the molecule is COc1nn(C)cc1C(=O)NCC(=O)Nc1ccc(Cl)nc1. The van der Waals surface area contributed by atoms with Gasteiger partial charge >= 0.3 is 0 Å². The minimum absolute atomic E-state index is 0.195. The van der Waals surface area contributed by atoms with Gasteiger partial charge in [0.2, 0.25) is 11.8 Å². The number of hydrogen-bond acceptors (Lipinski definition) is 5. The Balaban J connectivity index is 1.90. The lowest BCUT2D eigenvalue weighted by atomic mass is 10.3. The first-order chi connectivity index (χ1) is 10.5. The van der Waals surface area contributed by atoms with Crippen LogP contribution in [0.2, 0.25) is 5.15 Å². The molecule has 0 radical (unpaired) electrons. The largest absolute Gasteiger partial charge is 0.479 e. The van der Waals surface area contributed by atoms with Crippen molar-refractivity contribution in [1.82, 2.24) is 20.1 Å². The van der Waals surface area contributed by atoms with Crippen LogP contribution in [0.5, 0.6) is 5.88 Å². The number of nitrogens with zero attached hydrogens (tertiary/aromatic N) is 3. The van der Waals surface area contributed by atoms with Crippen LogP contribution < -0.4 is 15.4 Å². The Morgan fingerprint density at radius 1 is 1.41 bits per heavy atom. The standard InChI is InChI=1S/C13H14ClN5O3/c1-19-7-9(13(18-19)22-2)12(21)16-6-11(20)17-8-3-4-10(14)15-5-8/h3-5,7H,6H2,1-2H3,(H,16,21)(H,17,20). The second-order valence-electron chi connectivity index (χ2n) is 4.33. The Kier molecular flexibility index (Phi) is 4.95. The highest BCUT2D eigenvalue weighted by Crippen LogP contribution is 2.14. The lowest BCUT2D eigenvalue weighted by Crippen LogP contribution is -2.32. The molecule has 0 aliphatic carbocycles. The van der Waals surface area contributed by atoms with Gasteiger partial charge in [0.1, 0.15) is 10.7 Å². The number of pyridine rings is 1. The predicted octanol–water partition coefficient (Wildman–Crippen LogP) is 0.846. The van der Waals surface area contributed by atoms with E-state index in [0.29, 0.717) is 10.8 Å². The summed E-state index contributed by atoms with van der Waals surface area (Å²) in [4.78, 5) is 27.6. The van der Waals surface area contributed by atoms with Crippen molar-refractivity contribution in [3.05, 3.63) is 35.2 Å². The normalized spacial score (nSPS) is 10.1. The summed E-state index contributed by atoms with van der Waals surface area (Å²) in [5.41, 5.74) is 0.744.